The third-order valence-corrected chi connectivity index (χ3v) is 4.05. The molecule has 3 N–H and O–H groups in total. The number of fused-ring (bicyclic) bond motifs is 1. The van der Waals surface area contributed by atoms with Gasteiger partial charge < -0.3 is 32.3 Å². The molecule has 0 aliphatic rings. The van der Waals surface area contributed by atoms with Gasteiger partial charge in [-0.2, -0.15) is 0 Å². The maximum absolute atomic E-state index is 12.5. The smallest absolute Gasteiger partial charge is 0.346 e. The average Bonchev–Trinajstić information content (AvgIpc) is 2.68. The number of nitrogens with one attached hydrogen (secondary N) is 2. The molecule has 8 heteroatoms. The van der Waals surface area contributed by atoms with Crippen molar-refractivity contribution in [2.75, 3.05) is 18.5 Å². The minimum Gasteiger partial charge on any atom is -1.00 e. The second-order valence-corrected chi connectivity index (χ2v) is 5.95. The Morgan fingerprint density at radius 2 is 1.76 bits per heavy atom. The molecule has 0 aliphatic carbocycles. The van der Waals surface area contributed by atoms with E-state index in [0.29, 0.717) is 27.8 Å². The van der Waals surface area contributed by atoms with Crippen LogP contribution in [-0.2, 0) is 9.47 Å². The van der Waals surface area contributed by atoms with Gasteiger partial charge in [0.05, 0.1) is 29.9 Å². The maximum atomic E-state index is 12.5. The van der Waals surface area contributed by atoms with Crippen LogP contribution in [0.1, 0.15) is 34.6 Å². The Hall–Kier alpha value is -3.32. The third kappa shape index (κ3) is 4.94. The van der Waals surface area contributed by atoms with Crippen molar-refractivity contribution in [3.05, 3.63) is 59.8 Å². The number of hydrogen-bond acceptors (Lipinski definition) is 6. The highest BCUT2D eigenvalue weighted by Crippen LogP contribution is 2.30. The van der Waals surface area contributed by atoms with Crippen LogP contribution in [0.5, 0.6) is 5.75 Å². The largest absolute Gasteiger partial charge is 1.00 e. The SMILES string of the molecule is CCOC(=O)c1ccc2[nH+]cc(C(=O)OCC)c(Nc3cccc(O)c3)c2c1.[Cl-]. The molecule has 0 atom stereocenters. The molecule has 1 heterocycles. The first kappa shape index (κ1) is 22.0. The van der Waals surface area contributed by atoms with Gasteiger partial charge >= 0.3 is 11.9 Å². The molecule has 0 spiro atoms. The second-order valence-electron chi connectivity index (χ2n) is 5.95. The molecule has 0 unspecified atom stereocenters. The summed E-state index contributed by atoms with van der Waals surface area (Å²) < 4.78 is 10.2. The van der Waals surface area contributed by atoms with Gasteiger partial charge in [-0.3, -0.25) is 0 Å². The summed E-state index contributed by atoms with van der Waals surface area (Å²) in [5.74, 6) is -0.874. The topological polar surface area (TPSA) is 99.0 Å². The number of esters is 2. The monoisotopic (exact) mass is 416 g/mol. The summed E-state index contributed by atoms with van der Waals surface area (Å²) in [6, 6.07) is 11.6. The van der Waals surface area contributed by atoms with E-state index in [0.717, 1.165) is 0 Å². The molecule has 0 saturated carbocycles. The zero-order valence-electron chi connectivity index (χ0n) is 16.0. The number of aromatic nitrogens is 1. The highest BCUT2D eigenvalue weighted by atomic mass is 35.5. The van der Waals surface area contributed by atoms with Crippen LogP contribution in [0.25, 0.3) is 10.9 Å². The van der Waals surface area contributed by atoms with Crippen molar-refractivity contribution in [3.63, 3.8) is 0 Å². The van der Waals surface area contributed by atoms with Crippen molar-refractivity contribution in [3.8, 4) is 5.75 Å². The van der Waals surface area contributed by atoms with E-state index in [1.165, 1.54) is 6.07 Å². The van der Waals surface area contributed by atoms with Gasteiger partial charge in [0.15, 0.2) is 6.20 Å². The van der Waals surface area contributed by atoms with E-state index in [4.69, 9.17) is 9.47 Å². The summed E-state index contributed by atoms with van der Waals surface area (Å²) in [6.45, 7) is 3.95. The van der Waals surface area contributed by atoms with E-state index in [-0.39, 0.29) is 36.9 Å². The standard InChI is InChI=1S/C21H20N2O5.ClH/c1-3-27-20(25)13-8-9-18-16(10-13)19(17(12-22-18)21(26)28-4-2)23-14-6-5-7-15(24)11-14;/h5-12,24H,3-4H2,1-2H3,(H,22,23);1H. The van der Waals surface area contributed by atoms with Gasteiger partial charge in [-0.15, -0.1) is 0 Å². The molecule has 0 saturated heterocycles. The predicted molar refractivity (Wildman–Crippen MR) is 104 cm³/mol. The van der Waals surface area contributed by atoms with E-state index in [9.17, 15) is 14.7 Å². The van der Waals surface area contributed by atoms with Crippen LogP contribution in [0.3, 0.4) is 0 Å². The average molecular weight is 417 g/mol. The van der Waals surface area contributed by atoms with Crippen molar-refractivity contribution in [2.45, 2.75) is 13.8 Å². The number of carbonyl (C=O) groups is 2. The Kier molecular flexibility index (Phi) is 7.39. The normalized spacial score (nSPS) is 10.1. The number of phenolic OH excluding ortho intramolecular Hbond substituents is 1. The van der Waals surface area contributed by atoms with Gasteiger partial charge in [-0.25, -0.2) is 14.6 Å². The number of aromatic amines is 1. The minimum atomic E-state index is -0.509. The van der Waals surface area contributed by atoms with Gasteiger partial charge in [-0.05, 0) is 38.1 Å². The maximum Gasteiger partial charge on any atom is 0.346 e. The number of carbonyl (C=O) groups excluding carboxylic acids is 2. The van der Waals surface area contributed by atoms with Gasteiger partial charge in [0.1, 0.15) is 11.3 Å². The molecule has 0 bridgehead atoms. The third-order valence-electron chi connectivity index (χ3n) is 4.05. The van der Waals surface area contributed by atoms with E-state index in [2.05, 4.69) is 10.3 Å². The lowest BCUT2D eigenvalue weighted by Crippen LogP contribution is -3.00. The van der Waals surface area contributed by atoms with Crippen molar-refractivity contribution in [1.82, 2.24) is 0 Å². The number of phenols is 1. The van der Waals surface area contributed by atoms with Gasteiger partial charge in [0, 0.05) is 17.8 Å². The summed E-state index contributed by atoms with van der Waals surface area (Å²) in [6.07, 6.45) is 1.55. The number of H-pyrrole nitrogens is 1. The van der Waals surface area contributed by atoms with Crippen LogP contribution < -0.4 is 22.7 Å². The number of halogens is 1. The fourth-order valence-electron chi connectivity index (χ4n) is 2.82. The summed E-state index contributed by atoms with van der Waals surface area (Å²) >= 11 is 0. The zero-order chi connectivity index (χ0) is 20.1. The molecule has 3 rings (SSSR count). The summed E-state index contributed by atoms with van der Waals surface area (Å²) in [5, 5.41) is 13.5. The second kappa shape index (κ2) is 9.75. The molecule has 0 radical (unpaired) electrons. The molecular formula is C21H21ClN2O5. The Balaban J connectivity index is 0.00000300. The van der Waals surface area contributed by atoms with E-state index in [1.54, 1.807) is 56.4 Å². The summed E-state index contributed by atoms with van der Waals surface area (Å²) in [4.78, 5) is 27.7. The van der Waals surface area contributed by atoms with Crippen LogP contribution in [0, 0.1) is 0 Å². The molecule has 0 amide bonds. The van der Waals surface area contributed by atoms with Crippen LogP contribution in [0.15, 0.2) is 48.7 Å². The van der Waals surface area contributed by atoms with Gasteiger partial charge in [0.2, 0.25) is 5.52 Å². The van der Waals surface area contributed by atoms with Gasteiger partial charge in [0.25, 0.3) is 0 Å². The summed E-state index contributed by atoms with van der Waals surface area (Å²) in [5.41, 5.74) is 2.40. The Bertz CT molecular complexity index is 1030. The highest BCUT2D eigenvalue weighted by molar-refractivity contribution is 6.06. The van der Waals surface area contributed by atoms with E-state index >= 15 is 0 Å². The summed E-state index contributed by atoms with van der Waals surface area (Å²) in [7, 11) is 0. The number of benzene rings is 2. The molecule has 152 valence electrons. The Labute approximate surface area is 174 Å². The van der Waals surface area contributed by atoms with Crippen LogP contribution in [0.2, 0.25) is 0 Å². The quantitative estimate of drug-likeness (QED) is 0.566. The highest BCUT2D eigenvalue weighted by Gasteiger charge is 2.22. The van der Waals surface area contributed by atoms with Crippen molar-refractivity contribution >= 4 is 34.2 Å². The van der Waals surface area contributed by atoms with E-state index < -0.39 is 11.9 Å². The predicted octanol–water partition coefficient (Wildman–Crippen LogP) is 0.460. The van der Waals surface area contributed by atoms with Crippen LogP contribution in [-0.4, -0.2) is 30.3 Å². The number of ether oxygens (including phenoxy) is 2. The number of anilines is 2. The van der Waals surface area contributed by atoms with Crippen molar-refractivity contribution in [2.24, 2.45) is 0 Å². The lowest BCUT2D eigenvalue weighted by Gasteiger charge is -2.13. The number of rotatable bonds is 6. The first-order chi connectivity index (χ1) is 13.5. The fourth-order valence-corrected chi connectivity index (χ4v) is 2.82. The van der Waals surface area contributed by atoms with Crippen LogP contribution >= 0.6 is 0 Å². The molecule has 7 nitrogen and oxygen atoms in total. The minimum absolute atomic E-state index is 0. The lowest BCUT2D eigenvalue weighted by molar-refractivity contribution is -0.344. The number of pyridine rings is 1. The lowest BCUT2D eigenvalue weighted by atomic mass is 10.1. The molecule has 2 aromatic carbocycles. The first-order valence-corrected chi connectivity index (χ1v) is 8.92. The molecule has 29 heavy (non-hydrogen) atoms. The van der Waals surface area contributed by atoms with Crippen molar-refractivity contribution in [1.29, 1.82) is 0 Å². The van der Waals surface area contributed by atoms with Gasteiger partial charge in [-0.1, -0.05) is 6.07 Å². The van der Waals surface area contributed by atoms with Crippen molar-refractivity contribution < 1.29 is 41.6 Å². The zero-order valence-corrected chi connectivity index (χ0v) is 16.7. The molecule has 0 fully saturated rings. The fraction of sp³-hybridized carbons (Fsp3) is 0.190. The van der Waals surface area contributed by atoms with Crippen LogP contribution in [0.4, 0.5) is 11.4 Å². The first-order valence-electron chi connectivity index (χ1n) is 8.92. The Morgan fingerprint density at radius 3 is 2.45 bits per heavy atom. The number of hydrogen-bond donors (Lipinski definition) is 2. The number of aromatic hydroxyl groups is 1. The molecule has 0 aliphatic heterocycles. The molecular weight excluding hydrogens is 396 g/mol. The molecule has 1 aromatic heterocycles. The Morgan fingerprint density at radius 1 is 1.03 bits per heavy atom. The van der Waals surface area contributed by atoms with E-state index in [1.807, 2.05) is 0 Å². The molecule has 3 aromatic rings.